The third-order valence-electron chi connectivity index (χ3n) is 3.35. The summed E-state index contributed by atoms with van der Waals surface area (Å²) < 4.78 is 28.3. The summed E-state index contributed by atoms with van der Waals surface area (Å²) in [5.41, 5.74) is 0. The molecule has 1 aliphatic rings. The standard InChI is InChI=1S/C14H21N3O4S/c1-16(2)14-12(5-4-7-15-14)21-11-6-8-17(9-11)13(18)10-22(3,19)20/h4-5,7,11H,6,8-10H2,1-3H3. The average Bonchev–Trinajstić information content (AvgIpc) is 2.86. The van der Waals surface area contributed by atoms with Crippen molar-refractivity contribution in [2.24, 2.45) is 0 Å². The van der Waals surface area contributed by atoms with Crippen LogP contribution >= 0.6 is 0 Å². The van der Waals surface area contributed by atoms with Crippen LogP contribution in [0.3, 0.4) is 0 Å². The first-order valence-corrected chi connectivity index (χ1v) is 9.07. The number of amides is 1. The molecule has 2 rings (SSSR count). The smallest absolute Gasteiger partial charge is 0.237 e. The van der Waals surface area contributed by atoms with E-state index in [0.29, 0.717) is 25.3 Å². The zero-order valence-corrected chi connectivity index (χ0v) is 13.8. The first kappa shape index (κ1) is 16.5. The molecule has 1 saturated heterocycles. The molecule has 1 unspecified atom stereocenters. The summed E-state index contributed by atoms with van der Waals surface area (Å²) in [6.07, 6.45) is 3.29. The number of carbonyl (C=O) groups excluding carboxylic acids is 1. The van der Waals surface area contributed by atoms with Crippen molar-refractivity contribution in [1.82, 2.24) is 9.88 Å². The van der Waals surface area contributed by atoms with Crippen LogP contribution in [0.25, 0.3) is 0 Å². The Labute approximate surface area is 130 Å². The molecular formula is C14H21N3O4S. The largest absolute Gasteiger partial charge is 0.485 e. The van der Waals surface area contributed by atoms with Crippen LogP contribution in [0.1, 0.15) is 6.42 Å². The zero-order chi connectivity index (χ0) is 16.3. The van der Waals surface area contributed by atoms with Crippen LogP contribution in [0.2, 0.25) is 0 Å². The summed E-state index contributed by atoms with van der Waals surface area (Å²) in [6.45, 7) is 0.909. The van der Waals surface area contributed by atoms with Gasteiger partial charge in [0.1, 0.15) is 11.9 Å². The topological polar surface area (TPSA) is 79.8 Å². The SMILES string of the molecule is CN(C)c1ncccc1OC1CCN(C(=O)CS(C)(=O)=O)C1. The van der Waals surface area contributed by atoms with Crippen molar-refractivity contribution in [2.45, 2.75) is 12.5 Å². The van der Waals surface area contributed by atoms with Crippen LogP contribution in [0.15, 0.2) is 18.3 Å². The number of pyridine rings is 1. The van der Waals surface area contributed by atoms with Crippen LogP contribution in [-0.4, -0.2) is 69.5 Å². The molecule has 122 valence electrons. The lowest BCUT2D eigenvalue weighted by atomic mass is 10.3. The Balaban J connectivity index is 1.99. The van der Waals surface area contributed by atoms with Gasteiger partial charge in [-0.3, -0.25) is 4.79 Å². The molecule has 0 saturated carbocycles. The van der Waals surface area contributed by atoms with Crippen LogP contribution in [-0.2, 0) is 14.6 Å². The number of nitrogens with zero attached hydrogens (tertiary/aromatic N) is 3. The number of anilines is 1. The number of aromatic nitrogens is 1. The number of carbonyl (C=O) groups is 1. The fourth-order valence-electron chi connectivity index (χ4n) is 2.36. The van der Waals surface area contributed by atoms with Crippen molar-refractivity contribution in [3.63, 3.8) is 0 Å². The lowest BCUT2D eigenvalue weighted by Gasteiger charge is -2.20. The van der Waals surface area contributed by atoms with E-state index in [4.69, 9.17) is 4.74 Å². The molecule has 0 aliphatic carbocycles. The molecule has 1 atom stereocenters. The molecular weight excluding hydrogens is 306 g/mol. The molecule has 1 aliphatic heterocycles. The molecule has 0 radical (unpaired) electrons. The maximum atomic E-state index is 11.9. The van der Waals surface area contributed by atoms with Gasteiger partial charge in [-0.15, -0.1) is 0 Å². The van der Waals surface area contributed by atoms with Gasteiger partial charge in [0, 0.05) is 39.5 Å². The molecule has 1 fully saturated rings. The predicted octanol–water partition coefficient (Wildman–Crippen LogP) is 0.172. The fraction of sp³-hybridized carbons (Fsp3) is 0.571. The van der Waals surface area contributed by atoms with E-state index >= 15 is 0 Å². The quantitative estimate of drug-likeness (QED) is 0.767. The highest BCUT2D eigenvalue weighted by Gasteiger charge is 2.29. The van der Waals surface area contributed by atoms with Crippen molar-refractivity contribution >= 4 is 21.6 Å². The van der Waals surface area contributed by atoms with Crippen LogP contribution in [0.4, 0.5) is 5.82 Å². The van der Waals surface area contributed by atoms with E-state index in [1.54, 1.807) is 12.3 Å². The Hall–Kier alpha value is -1.83. The summed E-state index contributed by atoms with van der Waals surface area (Å²) in [7, 11) is 0.458. The molecule has 8 heteroatoms. The van der Waals surface area contributed by atoms with Gasteiger partial charge < -0.3 is 14.5 Å². The Bertz CT molecular complexity index is 645. The monoisotopic (exact) mass is 327 g/mol. The fourth-order valence-corrected chi connectivity index (χ4v) is 2.99. The van der Waals surface area contributed by atoms with Gasteiger partial charge in [-0.05, 0) is 12.1 Å². The molecule has 0 N–H and O–H groups in total. The summed E-state index contributed by atoms with van der Waals surface area (Å²) in [5, 5.41) is 0. The summed E-state index contributed by atoms with van der Waals surface area (Å²) in [6, 6.07) is 3.63. The van der Waals surface area contributed by atoms with Crippen molar-refractivity contribution in [3.8, 4) is 5.75 Å². The highest BCUT2D eigenvalue weighted by atomic mass is 32.2. The van der Waals surface area contributed by atoms with E-state index in [-0.39, 0.29) is 12.0 Å². The Morgan fingerprint density at radius 3 is 2.86 bits per heavy atom. The second-order valence-corrected chi connectivity index (χ2v) is 7.80. The van der Waals surface area contributed by atoms with Crippen molar-refractivity contribution in [2.75, 3.05) is 44.1 Å². The number of ether oxygens (including phenoxy) is 1. The van der Waals surface area contributed by atoms with E-state index in [2.05, 4.69) is 4.98 Å². The normalized spacial score (nSPS) is 18.3. The Morgan fingerprint density at radius 1 is 1.50 bits per heavy atom. The highest BCUT2D eigenvalue weighted by molar-refractivity contribution is 7.91. The minimum atomic E-state index is -3.30. The van der Waals surface area contributed by atoms with Gasteiger partial charge in [0.15, 0.2) is 21.4 Å². The van der Waals surface area contributed by atoms with Gasteiger partial charge in [-0.1, -0.05) is 0 Å². The van der Waals surface area contributed by atoms with E-state index in [1.165, 1.54) is 4.90 Å². The van der Waals surface area contributed by atoms with Gasteiger partial charge in [-0.25, -0.2) is 13.4 Å². The third-order valence-corrected chi connectivity index (χ3v) is 4.12. The lowest BCUT2D eigenvalue weighted by molar-refractivity contribution is -0.127. The molecule has 0 spiro atoms. The number of sulfone groups is 1. The number of hydrogen-bond donors (Lipinski definition) is 0. The Kier molecular flexibility index (Phi) is 4.90. The minimum Gasteiger partial charge on any atom is -0.485 e. The summed E-state index contributed by atoms with van der Waals surface area (Å²) in [5.74, 6) is 0.571. The molecule has 0 bridgehead atoms. The second-order valence-electron chi connectivity index (χ2n) is 5.66. The summed E-state index contributed by atoms with van der Waals surface area (Å²) in [4.78, 5) is 19.6. The first-order valence-electron chi connectivity index (χ1n) is 7.01. The molecule has 0 aromatic carbocycles. The van der Waals surface area contributed by atoms with Crippen LogP contribution in [0, 0.1) is 0 Å². The van der Waals surface area contributed by atoms with Crippen molar-refractivity contribution in [1.29, 1.82) is 0 Å². The number of likely N-dealkylation sites (tertiary alicyclic amines) is 1. The van der Waals surface area contributed by atoms with Gasteiger partial charge >= 0.3 is 0 Å². The molecule has 1 aromatic heterocycles. The lowest BCUT2D eigenvalue weighted by Crippen LogP contribution is -2.35. The molecule has 22 heavy (non-hydrogen) atoms. The van der Waals surface area contributed by atoms with Gasteiger partial charge in [0.2, 0.25) is 5.91 Å². The first-order chi connectivity index (χ1) is 10.3. The van der Waals surface area contributed by atoms with E-state index in [1.807, 2.05) is 25.1 Å². The van der Waals surface area contributed by atoms with E-state index < -0.39 is 15.6 Å². The second kappa shape index (κ2) is 6.51. The molecule has 1 amide bonds. The number of rotatable bonds is 5. The van der Waals surface area contributed by atoms with E-state index in [0.717, 1.165) is 12.1 Å². The van der Waals surface area contributed by atoms with E-state index in [9.17, 15) is 13.2 Å². The minimum absolute atomic E-state index is 0.147. The zero-order valence-electron chi connectivity index (χ0n) is 13.0. The average molecular weight is 327 g/mol. The van der Waals surface area contributed by atoms with Gasteiger partial charge in [-0.2, -0.15) is 0 Å². The van der Waals surface area contributed by atoms with Crippen molar-refractivity contribution < 1.29 is 17.9 Å². The predicted molar refractivity (Wildman–Crippen MR) is 83.9 cm³/mol. The molecule has 2 heterocycles. The molecule has 7 nitrogen and oxygen atoms in total. The maximum Gasteiger partial charge on any atom is 0.237 e. The summed E-state index contributed by atoms with van der Waals surface area (Å²) >= 11 is 0. The molecule has 1 aromatic rings. The third kappa shape index (κ3) is 4.33. The van der Waals surface area contributed by atoms with Crippen LogP contribution in [0.5, 0.6) is 5.75 Å². The Morgan fingerprint density at radius 2 is 2.23 bits per heavy atom. The maximum absolute atomic E-state index is 11.9. The number of hydrogen-bond acceptors (Lipinski definition) is 6. The van der Waals surface area contributed by atoms with Gasteiger partial charge in [0.05, 0.1) is 6.54 Å². The van der Waals surface area contributed by atoms with Gasteiger partial charge in [0.25, 0.3) is 0 Å². The van der Waals surface area contributed by atoms with Crippen molar-refractivity contribution in [3.05, 3.63) is 18.3 Å². The van der Waals surface area contributed by atoms with Crippen LogP contribution < -0.4 is 9.64 Å². The highest BCUT2D eigenvalue weighted by Crippen LogP contribution is 2.26.